The van der Waals surface area contributed by atoms with Crippen LogP contribution >= 0.6 is 11.3 Å². The van der Waals surface area contributed by atoms with Crippen molar-refractivity contribution in [2.45, 2.75) is 115 Å². The number of benzene rings is 2. The number of likely N-dealkylation sites (tertiary alicyclic amines) is 2. The number of thiazole rings is 1. The van der Waals surface area contributed by atoms with Crippen LogP contribution in [0.3, 0.4) is 0 Å². The van der Waals surface area contributed by atoms with Gasteiger partial charge < -0.3 is 29.7 Å². The van der Waals surface area contributed by atoms with Crippen molar-refractivity contribution in [3.05, 3.63) is 75.5 Å². The quantitative estimate of drug-likeness (QED) is 0.154. The fourth-order valence-electron chi connectivity index (χ4n) is 9.79. The standard InChI is InChI=1S/C48H56FN9O6S/c1-25(2)40(55-46(60)62-6)44(59)56-17-7-9-34(56)42-51-23-32(54-42)28-20-30(49)39-36-21-29-19-27(31-15-16-50-41(53-31)35-10-8-18-57(35)47(61)64-48(3,4)5)13-14-33(29)58(36)45(63-37(39)22-28)38-24-52-43(65-38)26-11-12-26/h13-15,19-22,24-26,34-35,40,42,45,51H,7-12,16-18,23H2,1-6H3,(H,50,53)(H,55,60). The van der Waals surface area contributed by atoms with Crippen LogP contribution in [-0.2, 0) is 14.3 Å². The van der Waals surface area contributed by atoms with E-state index in [0.29, 0.717) is 60.4 Å². The van der Waals surface area contributed by atoms with Gasteiger partial charge in [-0.05, 0) is 107 Å². The molecule has 1 aliphatic carbocycles. The first-order valence-electron chi connectivity index (χ1n) is 22.8. The third-order valence-corrected chi connectivity index (χ3v) is 14.3. The summed E-state index contributed by atoms with van der Waals surface area (Å²) in [5, 5.41) is 11.8. The Morgan fingerprint density at radius 2 is 1.82 bits per heavy atom. The van der Waals surface area contributed by atoms with Crippen molar-refractivity contribution in [1.29, 1.82) is 0 Å². The summed E-state index contributed by atoms with van der Waals surface area (Å²) in [4.78, 5) is 58.3. The van der Waals surface area contributed by atoms with Crippen LogP contribution in [0.4, 0.5) is 14.0 Å². The molecule has 15 nitrogen and oxygen atoms in total. The number of amides is 3. The molecule has 5 atom stereocenters. The van der Waals surface area contributed by atoms with Gasteiger partial charge in [-0.3, -0.25) is 29.6 Å². The number of amidine groups is 1. The van der Waals surface area contributed by atoms with Crippen LogP contribution in [-0.4, -0.2) is 112 Å². The SMILES string of the molecule is COC(=O)NC(C(=O)N1CCCC1C1N=C(c2cc(F)c3c(c2)OC(c2cnc(C4CC4)s2)n2c-3cc3cc(C4=CCN=C(C5CCCN5C(=O)OC(C)(C)C)N4)ccc32)CN1)C(C)C. The molecule has 5 aliphatic heterocycles. The molecular formula is C48H56FN9O6S. The van der Waals surface area contributed by atoms with E-state index < -0.39 is 35.9 Å². The zero-order valence-electron chi connectivity index (χ0n) is 37.7. The summed E-state index contributed by atoms with van der Waals surface area (Å²) in [6, 6.07) is 10.5. The van der Waals surface area contributed by atoms with Gasteiger partial charge in [-0.15, -0.1) is 11.3 Å². The van der Waals surface area contributed by atoms with Crippen LogP contribution in [0.1, 0.15) is 106 Å². The minimum absolute atomic E-state index is 0.150. The molecule has 5 unspecified atom stereocenters. The number of hydrogen-bond acceptors (Lipinski definition) is 12. The highest BCUT2D eigenvalue weighted by Gasteiger charge is 2.42. The van der Waals surface area contributed by atoms with Crippen molar-refractivity contribution in [2.75, 3.05) is 33.3 Å². The highest BCUT2D eigenvalue weighted by molar-refractivity contribution is 7.11. The third-order valence-electron chi connectivity index (χ3n) is 13.1. The average Bonchev–Trinajstić information content (AvgIpc) is 3.88. The van der Waals surface area contributed by atoms with E-state index in [-0.39, 0.29) is 30.0 Å². The number of carbonyl (C=O) groups excluding carboxylic acids is 3. The summed E-state index contributed by atoms with van der Waals surface area (Å²) < 4.78 is 36.4. The van der Waals surface area contributed by atoms with Crippen LogP contribution in [0.2, 0.25) is 0 Å². The van der Waals surface area contributed by atoms with Gasteiger partial charge >= 0.3 is 12.2 Å². The summed E-state index contributed by atoms with van der Waals surface area (Å²) in [5.74, 6) is 0.882. The Labute approximate surface area is 381 Å². The van der Waals surface area contributed by atoms with E-state index in [1.807, 2.05) is 63.9 Å². The monoisotopic (exact) mass is 905 g/mol. The summed E-state index contributed by atoms with van der Waals surface area (Å²) >= 11 is 1.65. The molecular weight excluding hydrogens is 850 g/mol. The topological polar surface area (TPSA) is 164 Å². The highest BCUT2D eigenvalue weighted by atomic mass is 32.1. The summed E-state index contributed by atoms with van der Waals surface area (Å²) in [6.45, 7) is 11.4. The molecule has 17 heteroatoms. The molecule has 1 saturated carbocycles. The number of ether oxygens (including phenoxy) is 3. The fourth-order valence-corrected chi connectivity index (χ4v) is 10.9. The van der Waals surface area contributed by atoms with Gasteiger partial charge in [0, 0.05) is 48.4 Å². The zero-order chi connectivity index (χ0) is 45.3. The Morgan fingerprint density at radius 1 is 1.02 bits per heavy atom. The van der Waals surface area contributed by atoms with E-state index in [9.17, 15) is 14.4 Å². The van der Waals surface area contributed by atoms with E-state index in [4.69, 9.17) is 29.2 Å². The molecule has 2 aromatic heterocycles. The van der Waals surface area contributed by atoms with Crippen LogP contribution in [0, 0.1) is 11.7 Å². The lowest BCUT2D eigenvalue weighted by molar-refractivity contribution is -0.135. The molecule has 65 heavy (non-hydrogen) atoms. The molecule has 3 N–H and O–H groups in total. The maximum atomic E-state index is 16.9. The normalized spacial score (nSPS) is 23.3. The second-order valence-electron chi connectivity index (χ2n) is 19.2. The average molecular weight is 906 g/mol. The molecule has 0 spiro atoms. The Morgan fingerprint density at radius 3 is 2.58 bits per heavy atom. The van der Waals surface area contributed by atoms with Gasteiger partial charge in [0.1, 0.15) is 35.2 Å². The van der Waals surface area contributed by atoms with Gasteiger partial charge in [0.05, 0.1) is 58.1 Å². The smallest absolute Gasteiger partial charge is 0.410 e. The Kier molecular flexibility index (Phi) is 11.2. The lowest BCUT2D eigenvalue weighted by atomic mass is 10.0. The molecule has 3 amide bonds. The zero-order valence-corrected chi connectivity index (χ0v) is 38.5. The first kappa shape index (κ1) is 43.1. The minimum atomic E-state index is -0.738. The van der Waals surface area contributed by atoms with Gasteiger partial charge in [-0.2, -0.15) is 0 Å². The fraction of sp³-hybridized carbons (Fsp3) is 0.500. The number of methoxy groups -OCH3 is 1. The molecule has 3 fully saturated rings. The predicted molar refractivity (Wildman–Crippen MR) is 247 cm³/mol. The highest BCUT2D eigenvalue weighted by Crippen LogP contribution is 2.49. The molecule has 10 rings (SSSR count). The first-order valence-corrected chi connectivity index (χ1v) is 23.6. The van der Waals surface area contributed by atoms with E-state index in [1.165, 1.54) is 13.2 Å². The number of aromatic nitrogens is 2. The molecule has 0 bridgehead atoms. The third kappa shape index (κ3) is 8.25. The molecule has 7 heterocycles. The lowest BCUT2D eigenvalue weighted by Crippen LogP contribution is -2.55. The molecule has 6 aliphatic rings. The van der Waals surface area contributed by atoms with Crippen molar-refractivity contribution in [1.82, 2.24) is 35.3 Å². The number of nitrogens with one attached hydrogen (secondary N) is 3. The van der Waals surface area contributed by atoms with Gasteiger partial charge in [0.15, 0.2) is 0 Å². The van der Waals surface area contributed by atoms with Crippen LogP contribution in [0.15, 0.2) is 58.7 Å². The largest absolute Gasteiger partial charge is 0.464 e. The van der Waals surface area contributed by atoms with Crippen molar-refractivity contribution in [3.8, 4) is 17.0 Å². The maximum absolute atomic E-state index is 16.9. The number of hydrogen-bond donors (Lipinski definition) is 3. The lowest BCUT2D eigenvalue weighted by Gasteiger charge is -2.32. The number of rotatable bonds is 9. The van der Waals surface area contributed by atoms with E-state index >= 15 is 4.39 Å². The molecule has 2 aromatic carbocycles. The van der Waals surface area contributed by atoms with Crippen LogP contribution in [0.5, 0.6) is 5.75 Å². The Balaban J connectivity index is 0.951. The number of carbonyl (C=O) groups is 3. The van der Waals surface area contributed by atoms with E-state index in [1.54, 1.807) is 16.2 Å². The molecule has 4 aromatic rings. The number of fused-ring (bicyclic) bond motifs is 5. The van der Waals surface area contributed by atoms with Crippen molar-refractivity contribution >= 4 is 57.6 Å². The minimum Gasteiger partial charge on any atom is -0.464 e. The Hall–Kier alpha value is -5.81. The number of alkyl carbamates (subject to hydrolysis) is 1. The van der Waals surface area contributed by atoms with Crippen LogP contribution < -0.4 is 20.7 Å². The van der Waals surface area contributed by atoms with Gasteiger partial charge in [-0.1, -0.05) is 19.9 Å². The molecule has 342 valence electrons. The van der Waals surface area contributed by atoms with Crippen LogP contribution in [0.25, 0.3) is 27.9 Å². The Bertz CT molecular complexity index is 2660. The van der Waals surface area contributed by atoms with Gasteiger partial charge in [0.25, 0.3) is 0 Å². The summed E-state index contributed by atoms with van der Waals surface area (Å²) in [6.07, 6.45) is 7.42. The predicted octanol–water partition coefficient (Wildman–Crippen LogP) is 7.55. The summed E-state index contributed by atoms with van der Waals surface area (Å²) in [5.41, 5.74) is 4.49. The van der Waals surface area contributed by atoms with Gasteiger partial charge in [-0.25, -0.2) is 19.0 Å². The van der Waals surface area contributed by atoms with E-state index in [0.717, 1.165) is 76.4 Å². The first-order chi connectivity index (χ1) is 31.2. The van der Waals surface area contributed by atoms with Crippen molar-refractivity contribution in [2.24, 2.45) is 15.9 Å². The van der Waals surface area contributed by atoms with Crippen molar-refractivity contribution in [3.63, 3.8) is 0 Å². The summed E-state index contributed by atoms with van der Waals surface area (Å²) in [7, 11) is 1.28. The number of halogens is 1. The maximum Gasteiger partial charge on any atom is 0.410 e. The second-order valence-corrected chi connectivity index (χ2v) is 20.2. The second kappa shape index (κ2) is 16.9. The van der Waals surface area contributed by atoms with Gasteiger partial charge in [0.2, 0.25) is 12.1 Å². The van der Waals surface area contributed by atoms with E-state index in [2.05, 4.69) is 38.7 Å². The van der Waals surface area contributed by atoms with Crippen molar-refractivity contribution < 1.29 is 33.0 Å². The number of aliphatic imine (C=N–C) groups is 2. The molecule has 2 saturated heterocycles. The molecule has 0 radical (unpaired) electrons. The number of nitrogens with zero attached hydrogens (tertiary/aromatic N) is 6.